The highest BCUT2D eigenvalue weighted by Gasteiger charge is 2.35. The molecule has 0 bridgehead atoms. The number of hydrogen-bond acceptors (Lipinski definition) is 4. The molecule has 0 spiro atoms. The Morgan fingerprint density at radius 2 is 2.10 bits per heavy atom. The lowest BCUT2D eigenvalue weighted by Gasteiger charge is -2.35. The number of fused-ring (bicyclic) bond motifs is 1. The van der Waals surface area contributed by atoms with Crippen LogP contribution >= 0.6 is 0 Å². The maximum atomic E-state index is 6.58. The van der Waals surface area contributed by atoms with Gasteiger partial charge in [0.05, 0.1) is 18.2 Å². The average molecular weight is 274 g/mol. The van der Waals surface area contributed by atoms with Crippen LogP contribution in [0.3, 0.4) is 0 Å². The molecule has 108 valence electrons. The second-order valence-corrected chi connectivity index (χ2v) is 5.82. The van der Waals surface area contributed by atoms with Gasteiger partial charge in [0.25, 0.3) is 0 Å². The first-order chi connectivity index (χ1) is 9.64. The summed E-state index contributed by atoms with van der Waals surface area (Å²) in [6, 6.07) is 3.78. The molecular weight excluding hydrogens is 252 g/mol. The van der Waals surface area contributed by atoms with Crippen molar-refractivity contribution in [1.82, 2.24) is 15.0 Å². The first kappa shape index (κ1) is 13.4. The number of H-pyrrole nitrogens is 1. The molecule has 20 heavy (non-hydrogen) atoms. The van der Waals surface area contributed by atoms with Crippen LogP contribution in [0.15, 0.2) is 12.1 Å². The molecule has 1 aliphatic rings. The number of pyridine rings is 1. The van der Waals surface area contributed by atoms with Gasteiger partial charge in [-0.3, -0.25) is 0 Å². The van der Waals surface area contributed by atoms with E-state index in [1.807, 2.05) is 12.1 Å². The van der Waals surface area contributed by atoms with Crippen LogP contribution in [-0.4, -0.2) is 22.1 Å². The molecule has 0 amide bonds. The van der Waals surface area contributed by atoms with Gasteiger partial charge in [0.2, 0.25) is 5.88 Å². The number of nitrogens with two attached hydrogens (primary N) is 1. The number of nitrogens with one attached hydrogen (secondary N) is 1. The van der Waals surface area contributed by atoms with E-state index < -0.39 is 0 Å². The molecule has 3 rings (SSSR count). The summed E-state index contributed by atoms with van der Waals surface area (Å²) in [6.45, 7) is 2.26. The number of ether oxygens (including phenoxy) is 1. The molecule has 0 unspecified atom stereocenters. The lowest BCUT2D eigenvalue weighted by molar-refractivity contribution is 0.223. The molecule has 2 heterocycles. The highest BCUT2D eigenvalue weighted by Crippen LogP contribution is 2.37. The molecule has 1 fully saturated rings. The zero-order valence-electron chi connectivity index (χ0n) is 12.1. The summed E-state index contributed by atoms with van der Waals surface area (Å²) in [6.07, 6.45) is 5.58. The zero-order valence-corrected chi connectivity index (χ0v) is 12.1. The van der Waals surface area contributed by atoms with Gasteiger partial charge in [-0.25, -0.2) is 4.98 Å². The van der Waals surface area contributed by atoms with Crippen molar-refractivity contribution in [2.75, 3.05) is 7.11 Å². The second-order valence-electron chi connectivity index (χ2n) is 5.82. The van der Waals surface area contributed by atoms with Crippen molar-refractivity contribution in [3.63, 3.8) is 0 Å². The first-order valence-electron chi connectivity index (χ1n) is 7.35. The molecule has 5 heteroatoms. The van der Waals surface area contributed by atoms with E-state index >= 15 is 0 Å². The van der Waals surface area contributed by atoms with Crippen molar-refractivity contribution in [2.24, 2.45) is 11.7 Å². The minimum absolute atomic E-state index is 0.334. The standard InChI is InChI=1S/C15H22N4O/c1-3-10-6-8-15(16,9-7-10)14-17-11-4-5-12(20-2)18-13(11)19-14/h4-5,10H,3,6-9,16H2,1-2H3,(H,17,18,19). The van der Waals surface area contributed by atoms with Crippen LogP contribution in [0.5, 0.6) is 5.88 Å². The van der Waals surface area contributed by atoms with Crippen molar-refractivity contribution in [1.29, 1.82) is 0 Å². The highest BCUT2D eigenvalue weighted by atomic mass is 16.5. The van der Waals surface area contributed by atoms with Crippen LogP contribution in [0, 0.1) is 5.92 Å². The Bertz CT molecular complexity index is 599. The first-order valence-corrected chi connectivity index (χ1v) is 7.35. The van der Waals surface area contributed by atoms with Crippen LogP contribution < -0.4 is 10.5 Å². The van der Waals surface area contributed by atoms with Crippen LogP contribution in [-0.2, 0) is 5.54 Å². The largest absolute Gasteiger partial charge is 0.481 e. The zero-order chi connectivity index (χ0) is 14.2. The Labute approximate surface area is 118 Å². The fraction of sp³-hybridized carbons (Fsp3) is 0.600. The van der Waals surface area contributed by atoms with Crippen LogP contribution in [0.25, 0.3) is 11.2 Å². The van der Waals surface area contributed by atoms with Gasteiger partial charge in [0, 0.05) is 6.07 Å². The highest BCUT2D eigenvalue weighted by molar-refractivity contribution is 5.71. The molecule has 0 radical (unpaired) electrons. The third-order valence-electron chi connectivity index (χ3n) is 4.58. The smallest absolute Gasteiger partial charge is 0.215 e. The maximum absolute atomic E-state index is 6.58. The molecule has 0 saturated heterocycles. The molecule has 2 aromatic heterocycles. The summed E-state index contributed by atoms with van der Waals surface area (Å²) < 4.78 is 5.13. The molecule has 1 aliphatic carbocycles. The number of methoxy groups -OCH3 is 1. The average Bonchev–Trinajstić information content (AvgIpc) is 2.91. The molecular formula is C15H22N4O. The lowest BCUT2D eigenvalue weighted by atomic mass is 9.76. The van der Waals surface area contributed by atoms with Gasteiger partial charge < -0.3 is 15.5 Å². The maximum Gasteiger partial charge on any atom is 0.215 e. The van der Waals surface area contributed by atoms with Gasteiger partial charge in [-0.05, 0) is 37.7 Å². The van der Waals surface area contributed by atoms with E-state index in [0.29, 0.717) is 11.5 Å². The van der Waals surface area contributed by atoms with E-state index in [0.717, 1.165) is 30.1 Å². The van der Waals surface area contributed by atoms with Crippen molar-refractivity contribution in [2.45, 2.75) is 44.6 Å². The fourth-order valence-electron chi connectivity index (χ4n) is 3.06. The Morgan fingerprint density at radius 1 is 1.35 bits per heavy atom. The van der Waals surface area contributed by atoms with Gasteiger partial charge in [-0.1, -0.05) is 13.3 Å². The number of aromatic amines is 1. The Morgan fingerprint density at radius 3 is 2.75 bits per heavy atom. The molecule has 1 saturated carbocycles. The predicted octanol–water partition coefficient (Wildman–Crippen LogP) is 2.72. The molecule has 0 atom stereocenters. The summed E-state index contributed by atoms with van der Waals surface area (Å²) in [7, 11) is 1.61. The van der Waals surface area contributed by atoms with Crippen molar-refractivity contribution >= 4 is 11.2 Å². The SMILES string of the molecule is CCC1CCC(N)(c2nc3nc(OC)ccc3[nH]2)CC1. The van der Waals surface area contributed by atoms with E-state index in [-0.39, 0.29) is 5.54 Å². The van der Waals surface area contributed by atoms with Gasteiger partial charge >= 0.3 is 0 Å². The van der Waals surface area contributed by atoms with Gasteiger partial charge in [-0.15, -0.1) is 0 Å². The summed E-state index contributed by atoms with van der Waals surface area (Å²) in [4.78, 5) is 12.3. The second kappa shape index (κ2) is 5.05. The molecule has 3 N–H and O–H groups in total. The monoisotopic (exact) mass is 274 g/mol. The van der Waals surface area contributed by atoms with Gasteiger partial charge in [0.15, 0.2) is 5.65 Å². The Balaban J connectivity index is 1.90. The number of nitrogens with zero attached hydrogens (tertiary/aromatic N) is 2. The van der Waals surface area contributed by atoms with E-state index in [2.05, 4.69) is 21.9 Å². The molecule has 5 nitrogen and oxygen atoms in total. The molecule has 0 aromatic carbocycles. The van der Waals surface area contributed by atoms with Gasteiger partial charge in [-0.2, -0.15) is 4.98 Å². The minimum Gasteiger partial charge on any atom is -0.481 e. The van der Waals surface area contributed by atoms with Crippen LogP contribution in [0.4, 0.5) is 0 Å². The van der Waals surface area contributed by atoms with E-state index in [1.54, 1.807) is 7.11 Å². The van der Waals surface area contributed by atoms with Gasteiger partial charge in [0.1, 0.15) is 5.82 Å². The Kier molecular flexibility index (Phi) is 3.38. The molecule has 0 aliphatic heterocycles. The number of rotatable bonds is 3. The normalized spacial score (nSPS) is 26.9. The summed E-state index contributed by atoms with van der Waals surface area (Å²) in [5.74, 6) is 2.26. The van der Waals surface area contributed by atoms with Crippen molar-refractivity contribution < 1.29 is 4.74 Å². The quantitative estimate of drug-likeness (QED) is 0.902. The summed E-state index contributed by atoms with van der Waals surface area (Å²) in [5.41, 5.74) is 7.85. The topological polar surface area (TPSA) is 76.8 Å². The van der Waals surface area contributed by atoms with Crippen molar-refractivity contribution in [3.05, 3.63) is 18.0 Å². The summed E-state index contributed by atoms with van der Waals surface area (Å²) >= 11 is 0. The van der Waals surface area contributed by atoms with Crippen LogP contribution in [0.2, 0.25) is 0 Å². The minimum atomic E-state index is -0.334. The third-order valence-corrected chi connectivity index (χ3v) is 4.58. The van der Waals surface area contributed by atoms with E-state index in [9.17, 15) is 0 Å². The van der Waals surface area contributed by atoms with E-state index in [4.69, 9.17) is 10.5 Å². The predicted molar refractivity (Wildman–Crippen MR) is 78.6 cm³/mol. The number of imidazole rings is 1. The number of aromatic nitrogens is 3. The third kappa shape index (κ3) is 2.26. The summed E-state index contributed by atoms with van der Waals surface area (Å²) in [5, 5.41) is 0. The molecule has 2 aromatic rings. The van der Waals surface area contributed by atoms with E-state index in [1.165, 1.54) is 19.3 Å². The van der Waals surface area contributed by atoms with Crippen LogP contribution in [0.1, 0.15) is 44.9 Å². The lowest BCUT2D eigenvalue weighted by Crippen LogP contribution is -2.41. The van der Waals surface area contributed by atoms with Crippen molar-refractivity contribution in [3.8, 4) is 5.88 Å². The Hall–Kier alpha value is -1.62. The number of hydrogen-bond donors (Lipinski definition) is 2. The fourth-order valence-corrected chi connectivity index (χ4v) is 3.06.